The van der Waals surface area contributed by atoms with E-state index in [0.717, 1.165) is 18.9 Å². The average Bonchev–Trinajstić information content (AvgIpc) is 3.52. The molecule has 1 unspecified atom stereocenters. The van der Waals surface area contributed by atoms with Crippen molar-refractivity contribution < 1.29 is 36.2 Å². The molecule has 1 fully saturated rings. The lowest BCUT2D eigenvalue weighted by molar-refractivity contribution is -0.0515. The monoisotopic (exact) mass is 529 g/mol. The van der Waals surface area contributed by atoms with E-state index in [2.05, 4.69) is 15.0 Å². The van der Waals surface area contributed by atoms with Crippen LogP contribution in [-0.2, 0) is 6.54 Å². The van der Waals surface area contributed by atoms with Gasteiger partial charge in [0.2, 0.25) is 5.89 Å². The molecule has 0 aliphatic heterocycles. The van der Waals surface area contributed by atoms with Gasteiger partial charge in [0.05, 0.1) is 12.6 Å². The maximum atomic E-state index is 13.9. The smallest absolute Gasteiger partial charge is 0.387 e. The van der Waals surface area contributed by atoms with Crippen LogP contribution in [0.2, 0.25) is 0 Å². The first-order valence-electron chi connectivity index (χ1n) is 10.9. The first kappa shape index (κ1) is 27.3. The number of nitrogens with zero attached hydrogens (tertiary/aromatic N) is 1. The molecule has 2 aromatic carbocycles. The topological polar surface area (TPSA) is 99.6 Å². The molecule has 1 amide bonds. The first-order valence-corrected chi connectivity index (χ1v) is 10.9. The van der Waals surface area contributed by atoms with Gasteiger partial charge in [-0.2, -0.15) is 8.78 Å². The van der Waals surface area contributed by atoms with Crippen molar-refractivity contribution in [2.45, 2.75) is 39.0 Å². The summed E-state index contributed by atoms with van der Waals surface area (Å²) >= 11 is 0. The highest BCUT2D eigenvalue weighted by atomic mass is 35.5. The van der Waals surface area contributed by atoms with Gasteiger partial charge < -0.3 is 24.9 Å². The van der Waals surface area contributed by atoms with Crippen molar-refractivity contribution in [1.29, 1.82) is 0 Å². The predicted molar refractivity (Wildman–Crippen MR) is 124 cm³/mol. The van der Waals surface area contributed by atoms with Gasteiger partial charge in [0, 0.05) is 23.7 Å². The van der Waals surface area contributed by atoms with E-state index in [1.165, 1.54) is 24.3 Å². The van der Waals surface area contributed by atoms with Crippen molar-refractivity contribution in [2.24, 2.45) is 11.7 Å². The van der Waals surface area contributed by atoms with Gasteiger partial charge in [0.25, 0.3) is 5.91 Å². The van der Waals surface area contributed by atoms with E-state index in [0.29, 0.717) is 24.2 Å². The number of hydrogen-bond acceptors (Lipinski definition) is 6. The van der Waals surface area contributed by atoms with Crippen LogP contribution in [-0.4, -0.2) is 24.1 Å². The Morgan fingerprint density at radius 1 is 1.19 bits per heavy atom. The molecule has 1 heterocycles. The van der Waals surface area contributed by atoms with E-state index in [9.17, 15) is 22.4 Å². The van der Waals surface area contributed by atoms with Crippen LogP contribution in [0, 0.1) is 17.6 Å². The van der Waals surface area contributed by atoms with Gasteiger partial charge in [-0.15, -0.1) is 12.4 Å². The number of oxazole rings is 1. The van der Waals surface area contributed by atoms with Crippen LogP contribution in [0.3, 0.4) is 0 Å². The SMILES string of the molecule is CC(N)c1oc(-c2ccc(OC(F)F)c(OCC3CC3)c2)nc1C(=O)NCc1ccc(F)cc1F.Cl. The lowest BCUT2D eigenvalue weighted by Gasteiger charge is -2.12. The minimum Gasteiger partial charge on any atom is -0.489 e. The number of nitrogens with two attached hydrogens (primary N) is 1. The molecule has 0 bridgehead atoms. The first-order chi connectivity index (χ1) is 16.7. The van der Waals surface area contributed by atoms with E-state index in [-0.39, 0.29) is 53.4 Å². The zero-order valence-electron chi connectivity index (χ0n) is 19.1. The Labute approximate surface area is 210 Å². The number of amides is 1. The third-order valence-corrected chi connectivity index (χ3v) is 5.31. The van der Waals surface area contributed by atoms with Crippen molar-refractivity contribution in [2.75, 3.05) is 6.61 Å². The third kappa shape index (κ3) is 6.67. The molecule has 0 radical (unpaired) electrons. The second-order valence-electron chi connectivity index (χ2n) is 8.23. The normalized spacial score (nSPS) is 13.8. The summed E-state index contributed by atoms with van der Waals surface area (Å²) in [6, 6.07) is 6.48. The van der Waals surface area contributed by atoms with Crippen LogP contribution in [0.25, 0.3) is 11.5 Å². The van der Waals surface area contributed by atoms with Crippen molar-refractivity contribution in [3.05, 3.63) is 65.1 Å². The molecule has 1 aromatic heterocycles. The van der Waals surface area contributed by atoms with E-state index < -0.39 is 30.2 Å². The van der Waals surface area contributed by atoms with Gasteiger partial charge in [-0.1, -0.05) is 6.07 Å². The number of halogens is 5. The Morgan fingerprint density at radius 3 is 2.58 bits per heavy atom. The van der Waals surface area contributed by atoms with E-state index in [4.69, 9.17) is 14.9 Å². The number of benzene rings is 2. The molecule has 1 aliphatic carbocycles. The Balaban J connectivity index is 0.00000361. The van der Waals surface area contributed by atoms with Crippen LogP contribution >= 0.6 is 12.4 Å². The van der Waals surface area contributed by atoms with Crippen LogP contribution in [0.15, 0.2) is 40.8 Å². The van der Waals surface area contributed by atoms with E-state index in [1.807, 2.05) is 0 Å². The Hall–Kier alpha value is -3.31. The third-order valence-electron chi connectivity index (χ3n) is 5.31. The molecule has 36 heavy (non-hydrogen) atoms. The minimum atomic E-state index is -3.03. The largest absolute Gasteiger partial charge is 0.489 e. The molecule has 0 saturated heterocycles. The second-order valence-corrected chi connectivity index (χ2v) is 8.23. The molecule has 12 heteroatoms. The van der Waals surface area contributed by atoms with Gasteiger partial charge in [0.15, 0.2) is 23.0 Å². The quantitative estimate of drug-likeness (QED) is 0.342. The lowest BCUT2D eigenvalue weighted by Crippen LogP contribution is -2.25. The summed E-state index contributed by atoms with van der Waals surface area (Å²) in [5, 5.41) is 2.51. The van der Waals surface area contributed by atoms with Crippen LogP contribution in [0.4, 0.5) is 17.6 Å². The number of hydrogen-bond donors (Lipinski definition) is 2. The predicted octanol–water partition coefficient (Wildman–Crippen LogP) is 5.38. The minimum absolute atomic E-state index is 0. The summed E-state index contributed by atoms with van der Waals surface area (Å²) in [4.78, 5) is 17.0. The zero-order valence-corrected chi connectivity index (χ0v) is 19.9. The number of aromatic nitrogens is 1. The summed E-state index contributed by atoms with van der Waals surface area (Å²) in [5.41, 5.74) is 6.26. The number of ether oxygens (including phenoxy) is 2. The molecular weight excluding hydrogens is 506 g/mol. The molecule has 7 nitrogen and oxygen atoms in total. The molecule has 3 aromatic rings. The molecule has 194 valence electrons. The van der Waals surface area contributed by atoms with Crippen molar-refractivity contribution >= 4 is 18.3 Å². The van der Waals surface area contributed by atoms with Crippen LogP contribution < -0.4 is 20.5 Å². The fourth-order valence-corrected chi connectivity index (χ4v) is 3.29. The van der Waals surface area contributed by atoms with Crippen LogP contribution in [0.1, 0.15) is 47.6 Å². The van der Waals surface area contributed by atoms with E-state index >= 15 is 0 Å². The summed E-state index contributed by atoms with van der Waals surface area (Å²) < 4.78 is 68.5. The molecule has 0 spiro atoms. The second kappa shape index (κ2) is 11.6. The van der Waals surface area contributed by atoms with Gasteiger partial charge in [-0.3, -0.25) is 4.79 Å². The molecule has 1 atom stereocenters. The number of carbonyl (C=O) groups excluding carboxylic acids is 1. The summed E-state index contributed by atoms with van der Waals surface area (Å²) in [5.74, 6) is -1.81. The molecule has 1 saturated carbocycles. The molecule has 1 aliphatic rings. The van der Waals surface area contributed by atoms with Crippen LogP contribution in [0.5, 0.6) is 11.5 Å². The number of rotatable bonds is 10. The summed E-state index contributed by atoms with van der Waals surface area (Å²) in [6.45, 7) is -1.31. The Kier molecular flexibility index (Phi) is 8.80. The van der Waals surface area contributed by atoms with Gasteiger partial charge in [-0.25, -0.2) is 13.8 Å². The van der Waals surface area contributed by atoms with Crippen molar-refractivity contribution in [1.82, 2.24) is 10.3 Å². The van der Waals surface area contributed by atoms with Crippen molar-refractivity contribution in [3.8, 4) is 23.0 Å². The fourth-order valence-electron chi connectivity index (χ4n) is 3.29. The molecular formula is C24H24ClF4N3O4. The highest BCUT2D eigenvalue weighted by Crippen LogP contribution is 2.37. The summed E-state index contributed by atoms with van der Waals surface area (Å²) in [7, 11) is 0. The van der Waals surface area contributed by atoms with Gasteiger partial charge in [-0.05, 0) is 49.9 Å². The maximum Gasteiger partial charge on any atom is 0.387 e. The fraction of sp³-hybridized carbons (Fsp3) is 0.333. The Morgan fingerprint density at radius 2 is 1.94 bits per heavy atom. The standard InChI is InChI=1S/C24H23F4N3O4.ClH/c1-12(29)21-20(22(32)30-10-15-4-6-16(25)9-17(15)26)31-23(35-21)14-5-7-18(34-24(27)28)19(8-14)33-11-13-2-3-13;/h4-9,12-13,24H,2-3,10-11,29H2,1H3,(H,30,32);1H. The summed E-state index contributed by atoms with van der Waals surface area (Å²) in [6.07, 6.45) is 2.00. The lowest BCUT2D eigenvalue weighted by atomic mass is 10.2. The van der Waals surface area contributed by atoms with Gasteiger partial charge >= 0.3 is 6.61 Å². The number of carbonyl (C=O) groups is 1. The maximum absolute atomic E-state index is 13.9. The van der Waals surface area contributed by atoms with Crippen molar-refractivity contribution in [3.63, 3.8) is 0 Å². The highest BCUT2D eigenvalue weighted by Gasteiger charge is 2.26. The zero-order chi connectivity index (χ0) is 25.1. The molecule has 3 N–H and O–H groups in total. The van der Waals surface area contributed by atoms with E-state index in [1.54, 1.807) is 6.92 Å². The highest BCUT2D eigenvalue weighted by molar-refractivity contribution is 5.94. The van der Waals surface area contributed by atoms with Gasteiger partial charge in [0.1, 0.15) is 11.6 Å². The number of nitrogens with one attached hydrogen (secondary N) is 1. The Bertz CT molecular complexity index is 1220. The molecule has 4 rings (SSSR count). The number of alkyl halides is 2. The average molecular weight is 530 g/mol.